The molecule has 0 radical (unpaired) electrons. The number of nitrogens with two attached hydrogens (primary N) is 1. The first kappa shape index (κ1) is 12.0. The number of nitrogen functional groups attached to an aromatic ring is 1. The minimum absolute atomic E-state index is 0.676. The van der Waals surface area contributed by atoms with E-state index in [1.807, 2.05) is 42.9 Å². The second kappa shape index (κ2) is 4.79. The molecule has 1 aromatic carbocycles. The Morgan fingerprint density at radius 1 is 1.41 bits per heavy atom. The summed E-state index contributed by atoms with van der Waals surface area (Å²) in [7, 11) is 1.93. The Balaban J connectivity index is 2.07. The average Bonchev–Trinajstić information content (AvgIpc) is 2.57. The molecule has 0 aliphatic heterocycles. The average molecular weight is 295 g/mol. The van der Waals surface area contributed by atoms with Gasteiger partial charge in [0.1, 0.15) is 5.82 Å². The van der Waals surface area contributed by atoms with Gasteiger partial charge in [-0.25, -0.2) is 0 Å². The molecular weight excluding hydrogens is 280 g/mol. The quantitative estimate of drug-likeness (QED) is 0.856. The van der Waals surface area contributed by atoms with Crippen molar-refractivity contribution in [1.82, 2.24) is 9.78 Å². The Labute approximate surface area is 109 Å². The lowest BCUT2D eigenvalue weighted by Gasteiger charge is -2.06. The number of hydrogen-bond acceptors (Lipinski definition) is 3. The molecule has 2 rings (SSSR count). The molecule has 0 saturated carbocycles. The van der Waals surface area contributed by atoms with Gasteiger partial charge in [0, 0.05) is 35.5 Å². The highest BCUT2D eigenvalue weighted by Crippen LogP contribution is 2.19. The minimum Gasteiger partial charge on any atom is -0.398 e. The Morgan fingerprint density at radius 2 is 2.18 bits per heavy atom. The molecule has 0 bridgehead atoms. The number of nitrogens with one attached hydrogen (secondary N) is 1. The van der Waals surface area contributed by atoms with E-state index < -0.39 is 0 Å². The second-order valence-corrected chi connectivity index (χ2v) is 4.91. The fourth-order valence-electron chi connectivity index (χ4n) is 1.56. The van der Waals surface area contributed by atoms with E-state index in [2.05, 4.69) is 26.3 Å². The van der Waals surface area contributed by atoms with Gasteiger partial charge in [0.2, 0.25) is 0 Å². The molecule has 4 nitrogen and oxygen atoms in total. The molecule has 0 fully saturated rings. The highest BCUT2D eigenvalue weighted by molar-refractivity contribution is 9.10. The van der Waals surface area contributed by atoms with Gasteiger partial charge in [0.15, 0.2) is 0 Å². The van der Waals surface area contributed by atoms with Gasteiger partial charge < -0.3 is 11.1 Å². The maximum atomic E-state index is 5.93. The Kier molecular flexibility index (Phi) is 3.38. The van der Waals surface area contributed by atoms with Crippen molar-refractivity contribution in [2.75, 3.05) is 11.1 Å². The smallest absolute Gasteiger partial charge is 0.148 e. The number of nitrogens with zero attached hydrogens (tertiary/aromatic N) is 2. The van der Waals surface area contributed by atoms with Crippen molar-refractivity contribution >= 4 is 27.4 Å². The van der Waals surface area contributed by atoms with Crippen molar-refractivity contribution in [2.45, 2.75) is 13.5 Å². The van der Waals surface area contributed by atoms with Crippen LogP contribution in [0.15, 0.2) is 28.7 Å². The summed E-state index contributed by atoms with van der Waals surface area (Å²) in [5, 5.41) is 7.58. The van der Waals surface area contributed by atoms with E-state index in [4.69, 9.17) is 5.73 Å². The van der Waals surface area contributed by atoms with Crippen LogP contribution in [0.1, 0.15) is 11.3 Å². The van der Waals surface area contributed by atoms with Gasteiger partial charge in [0.25, 0.3) is 0 Å². The van der Waals surface area contributed by atoms with Crippen molar-refractivity contribution in [3.63, 3.8) is 0 Å². The Bertz CT molecular complexity index is 514. The van der Waals surface area contributed by atoms with Crippen LogP contribution in [0.3, 0.4) is 0 Å². The van der Waals surface area contributed by atoms with Crippen LogP contribution in [0.2, 0.25) is 0 Å². The molecule has 90 valence electrons. The van der Waals surface area contributed by atoms with Crippen molar-refractivity contribution in [2.24, 2.45) is 7.05 Å². The van der Waals surface area contributed by atoms with Crippen molar-refractivity contribution in [3.05, 3.63) is 40.0 Å². The molecule has 17 heavy (non-hydrogen) atoms. The zero-order valence-electron chi connectivity index (χ0n) is 9.87. The van der Waals surface area contributed by atoms with E-state index in [0.717, 1.165) is 27.2 Å². The van der Waals surface area contributed by atoms with Crippen LogP contribution in [0, 0.1) is 6.92 Å². The fraction of sp³-hybridized carbons (Fsp3) is 0.250. The lowest BCUT2D eigenvalue weighted by Crippen LogP contribution is -2.03. The number of aromatic nitrogens is 2. The summed E-state index contributed by atoms with van der Waals surface area (Å²) in [6.45, 7) is 2.70. The first-order valence-corrected chi connectivity index (χ1v) is 6.14. The molecule has 0 saturated heterocycles. The maximum Gasteiger partial charge on any atom is 0.148 e. The number of benzene rings is 1. The highest BCUT2D eigenvalue weighted by atomic mass is 79.9. The summed E-state index contributed by atoms with van der Waals surface area (Å²) in [5.41, 5.74) is 8.89. The van der Waals surface area contributed by atoms with Crippen LogP contribution in [0.4, 0.5) is 11.5 Å². The minimum atomic E-state index is 0.676. The van der Waals surface area contributed by atoms with E-state index in [1.165, 1.54) is 0 Å². The predicted octanol–water partition coefficient (Wildman–Crippen LogP) is 2.69. The SMILES string of the molecule is Cc1cc(NCc2ccc(Br)cc2N)nn1C. The Hall–Kier alpha value is -1.49. The largest absolute Gasteiger partial charge is 0.398 e. The van der Waals surface area contributed by atoms with Crippen LogP contribution >= 0.6 is 15.9 Å². The van der Waals surface area contributed by atoms with Gasteiger partial charge >= 0.3 is 0 Å². The van der Waals surface area contributed by atoms with Gasteiger partial charge in [-0.1, -0.05) is 22.0 Å². The third kappa shape index (κ3) is 2.79. The van der Waals surface area contributed by atoms with E-state index in [0.29, 0.717) is 6.54 Å². The zero-order valence-corrected chi connectivity index (χ0v) is 11.5. The first-order valence-electron chi connectivity index (χ1n) is 5.34. The number of anilines is 2. The molecule has 0 aliphatic carbocycles. The molecule has 3 N–H and O–H groups in total. The highest BCUT2D eigenvalue weighted by Gasteiger charge is 2.03. The topological polar surface area (TPSA) is 55.9 Å². The van der Waals surface area contributed by atoms with Gasteiger partial charge in [-0.15, -0.1) is 0 Å². The molecule has 1 aromatic heterocycles. The van der Waals surface area contributed by atoms with E-state index in [-0.39, 0.29) is 0 Å². The van der Waals surface area contributed by atoms with Crippen LogP contribution < -0.4 is 11.1 Å². The van der Waals surface area contributed by atoms with E-state index in [9.17, 15) is 0 Å². The maximum absolute atomic E-state index is 5.93. The number of rotatable bonds is 3. The van der Waals surface area contributed by atoms with Crippen LogP contribution in [-0.4, -0.2) is 9.78 Å². The molecule has 5 heteroatoms. The Morgan fingerprint density at radius 3 is 2.76 bits per heavy atom. The molecule has 1 heterocycles. The molecule has 0 aliphatic rings. The molecule has 2 aromatic rings. The third-order valence-electron chi connectivity index (χ3n) is 2.68. The predicted molar refractivity (Wildman–Crippen MR) is 73.8 cm³/mol. The standard InChI is InChI=1S/C12H15BrN4/c1-8-5-12(16-17(8)2)15-7-9-3-4-10(13)6-11(9)14/h3-6H,7,14H2,1-2H3,(H,15,16). The van der Waals surface area contributed by atoms with Crippen molar-refractivity contribution in [3.8, 4) is 0 Å². The molecule has 0 spiro atoms. The van der Waals surface area contributed by atoms with Crippen molar-refractivity contribution in [1.29, 1.82) is 0 Å². The molecule has 0 amide bonds. The van der Waals surface area contributed by atoms with Gasteiger partial charge in [-0.05, 0) is 24.6 Å². The zero-order chi connectivity index (χ0) is 12.4. The van der Waals surface area contributed by atoms with Crippen LogP contribution in [0.5, 0.6) is 0 Å². The molecule has 0 atom stereocenters. The summed E-state index contributed by atoms with van der Waals surface area (Å²) in [4.78, 5) is 0. The summed E-state index contributed by atoms with van der Waals surface area (Å²) in [5.74, 6) is 0.868. The summed E-state index contributed by atoms with van der Waals surface area (Å²) < 4.78 is 2.83. The molecule has 0 unspecified atom stereocenters. The van der Waals surface area contributed by atoms with Crippen LogP contribution in [-0.2, 0) is 13.6 Å². The van der Waals surface area contributed by atoms with Gasteiger partial charge in [-0.2, -0.15) is 5.10 Å². The van der Waals surface area contributed by atoms with Crippen molar-refractivity contribution < 1.29 is 0 Å². The fourth-order valence-corrected chi connectivity index (χ4v) is 1.94. The third-order valence-corrected chi connectivity index (χ3v) is 3.17. The monoisotopic (exact) mass is 294 g/mol. The molecular formula is C12H15BrN4. The summed E-state index contributed by atoms with van der Waals surface area (Å²) in [6, 6.07) is 7.90. The van der Waals surface area contributed by atoms with Gasteiger partial charge in [-0.3, -0.25) is 4.68 Å². The summed E-state index contributed by atoms with van der Waals surface area (Å²) in [6.07, 6.45) is 0. The lowest BCUT2D eigenvalue weighted by molar-refractivity contribution is 0.741. The van der Waals surface area contributed by atoms with Gasteiger partial charge in [0.05, 0.1) is 0 Å². The second-order valence-electron chi connectivity index (χ2n) is 3.99. The van der Waals surface area contributed by atoms with Crippen LogP contribution in [0.25, 0.3) is 0 Å². The number of hydrogen-bond donors (Lipinski definition) is 2. The number of halogens is 1. The summed E-state index contributed by atoms with van der Waals surface area (Å²) >= 11 is 3.39. The normalized spacial score (nSPS) is 10.5. The van der Waals surface area contributed by atoms with E-state index in [1.54, 1.807) is 0 Å². The first-order chi connectivity index (χ1) is 8.06. The van der Waals surface area contributed by atoms with E-state index >= 15 is 0 Å². The lowest BCUT2D eigenvalue weighted by atomic mass is 10.2. The number of aryl methyl sites for hydroxylation is 2.